The van der Waals surface area contributed by atoms with Crippen molar-refractivity contribution in [1.82, 2.24) is 0 Å². The van der Waals surface area contributed by atoms with Crippen molar-refractivity contribution in [3.63, 3.8) is 0 Å². The van der Waals surface area contributed by atoms with E-state index in [-0.39, 0.29) is 0 Å². The fourth-order valence-electron chi connectivity index (χ4n) is 1.52. The van der Waals surface area contributed by atoms with E-state index in [2.05, 4.69) is 25.1 Å². The van der Waals surface area contributed by atoms with E-state index in [0.29, 0.717) is 0 Å². The molecular weight excluding hydrogens is 160 g/mol. The average Bonchev–Trinajstić information content (AvgIpc) is 2.10. The van der Waals surface area contributed by atoms with Crippen LogP contribution in [-0.2, 0) is 12.8 Å². The molecule has 0 aliphatic rings. The molecule has 0 spiro atoms. The second kappa shape index (κ2) is 5.00. The molecule has 0 bridgehead atoms. The lowest BCUT2D eigenvalue weighted by Crippen LogP contribution is -2.06. The number of benzene rings is 1. The third-order valence-corrected chi connectivity index (χ3v) is 2.25. The monoisotopic (exact) mass is 178 g/mol. The van der Waals surface area contributed by atoms with E-state index in [1.807, 2.05) is 0 Å². The summed E-state index contributed by atoms with van der Waals surface area (Å²) in [5.74, 6) is 0. The zero-order chi connectivity index (χ0) is 9.68. The van der Waals surface area contributed by atoms with Gasteiger partial charge in [0.15, 0.2) is 0 Å². The van der Waals surface area contributed by atoms with Crippen LogP contribution in [0.5, 0.6) is 0 Å². The summed E-state index contributed by atoms with van der Waals surface area (Å²) in [4.78, 5) is 0. The van der Waals surface area contributed by atoms with E-state index >= 15 is 0 Å². The molecule has 72 valence electrons. The van der Waals surface area contributed by atoms with Crippen LogP contribution in [0, 0.1) is 6.92 Å². The quantitative estimate of drug-likeness (QED) is 0.722. The molecule has 0 radical (unpaired) electrons. The molecule has 4 N–H and O–H groups in total. The standard InChI is InChI=1S/C11H18N2/c1-9-8-10(4-6-12)2-3-11(9)5-7-13/h2-3,8H,4-7,12-13H2,1H3. The highest BCUT2D eigenvalue weighted by atomic mass is 14.5. The van der Waals surface area contributed by atoms with Crippen molar-refractivity contribution in [2.24, 2.45) is 11.5 Å². The summed E-state index contributed by atoms with van der Waals surface area (Å²) in [6.45, 7) is 3.57. The first-order valence-corrected chi connectivity index (χ1v) is 4.76. The normalized spacial score (nSPS) is 10.4. The molecule has 0 atom stereocenters. The first-order valence-electron chi connectivity index (χ1n) is 4.76. The van der Waals surface area contributed by atoms with E-state index in [1.165, 1.54) is 16.7 Å². The smallest absolute Gasteiger partial charge is 0.00366 e. The SMILES string of the molecule is Cc1cc(CCN)ccc1CCN. The first kappa shape index (κ1) is 10.2. The zero-order valence-corrected chi connectivity index (χ0v) is 8.22. The van der Waals surface area contributed by atoms with Crippen LogP contribution in [0.25, 0.3) is 0 Å². The molecule has 0 saturated heterocycles. The van der Waals surface area contributed by atoms with E-state index in [1.54, 1.807) is 0 Å². The van der Waals surface area contributed by atoms with Crippen LogP contribution in [0.15, 0.2) is 18.2 Å². The number of aryl methyl sites for hydroxylation is 1. The molecule has 0 unspecified atom stereocenters. The summed E-state index contributed by atoms with van der Waals surface area (Å²) < 4.78 is 0. The van der Waals surface area contributed by atoms with Gasteiger partial charge in [-0.25, -0.2) is 0 Å². The molecule has 0 heterocycles. The van der Waals surface area contributed by atoms with Gasteiger partial charge >= 0.3 is 0 Å². The van der Waals surface area contributed by atoms with Gasteiger partial charge in [0.25, 0.3) is 0 Å². The molecule has 2 heteroatoms. The molecule has 0 aliphatic heterocycles. The minimum Gasteiger partial charge on any atom is -0.330 e. The summed E-state index contributed by atoms with van der Waals surface area (Å²) in [6, 6.07) is 6.51. The van der Waals surface area contributed by atoms with Crippen LogP contribution in [0.4, 0.5) is 0 Å². The Labute approximate surface area is 79.9 Å². The lowest BCUT2D eigenvalue weighted by molar-refractivity contribution is 0.939. The summed E-state index contributed by atoms with van der Waals surface area (Å²) >= 11 is 0. The van der Waals surface area contributed by atoms with Crippen LogP contribution in [0.2, 0.25) is 0 Å². The predicted molar refractivity (Wildman–Crippen MR) is 56.7 cm³/mol. The molecule has 1 rings (SSSR count). The Bertz CT molecular complexity index is 269. The van der Waals surface area contributed by atoms with Crippen molar-refractivity contribution in [2.45, 2.75) is 19.8 Å². The molecule has 0 fully saturated rings. The Kier molecular flexibility index (Phi) is 3.93. The molecule has 13 heavy (non-hydrogen) atoms. The second-order valence-electron chi connectivity index (χ2n) is 3.34. The average molecular weight is 178 g/mol. The van der Waals surface area contributed by atoms with Crippen molar-refractivity contribution >= 4 is 0 Å². The number of nitrogens with two attached hydrogens (primary N) is 2. The van der Waals surface area contributed by atoms with Gasteiger partial charge in [0.2, 0.25) is 0 Å². The van der Waals surface area contributed by atoms with Gasteiger partial charge in [-0.1, -0.05) is 18.2 Å². The third kappa shape index (κ3) is 2.83. The minimum absolute atomic E-state index is 0.718. The predicted octanol–water partition coefficient (Wildman–Crippen LogP) is 0.997. The molecular formula is C11H18N2. The molecule has 0 aliphatic carbocycles. The summed E-state index contributed by atoms with van der Waals surface area (Å²) in [7, 11) is 0. The largest absolute Gasteiger partial charge is 0.330 e. The maximum absolute atomic E-state index is 5.51. The number of hydrogen-bond acceptors (Lipinski definition) is 2. The molecule has 2 nitrogen and oxygen atoms in total. The first-order chi connectivity index (χ1) is 6.27. The molecule has 1 aromatic carbocycles. The molecule has 0 saturated carbocycles. The van der Waals surface area contributed by atoms with Crippen LogP contribution < -0.4 is 11.5 Å². The highest BCUT2D eigenvalue weighted by Crippen LogP contribution is 2.11. The van der Waals surface area contributed by atoms with E-state index in [0.717, 1.165) is 25.9 Å². The van der Waals surface area contributed by atoms with Crippen molar-refractivity contribution in [3.05, 3.63) is 34.9 Å². The van der Waals surface area contributed by atoms with E-state index < -0.39 is 0 Å². The molecule has 0 amide bonds. The van der Waals surface area contributed by atoms with Gasteiger partial charge in [-0.3, -0.25) is 0 Å². The summed E-state index contributed by atoms with van der Waals surface area (Å²) in [5, 5.41) is 0. The Morgan fingerprint density at radius 1 is 1.08 bits per heavy atom. The lowest BCUT2D eigenvalue weighted by atomic mass is 10.0. The fourth-order valence-corrected chi connectivity index (χ4v) is 1.52. The van der Waals surface area contributed by atoms with Crippen LogP contribution in [0.3, 0.4) is 0 Å². The topological polar surface area (TPSA) is 52.0 Å². The van der Waals surface area contributed by atoms with Gasteiger partial charge in [0, 0.05) is 0 Å². The molecule has 0 aromatic heterocycles. The highest BCUT2D eigenvalue weighted by Gasteiger charge is 1.98. The Morgan fingerprint density at radius 2 is 1.77 bits per heavy atom. The zero-order valence-electron chi connectivity index (χ0n) is 8.22. The number of rotatable bonds is 4. The van der Waals surface area contributed by atoms with Crippen molar-refractivity contribution in [3.8, 4) is 0 Å². The van der Waals surface area contributed by atoms with Crippen molar-refractivity contribution in [1.29, 1.82) is 0 Å². The fraction of sp³-hybridized carbons (Fsp3) is 0.455. The highest BCUT2D eigenvalue weighted by molar-refractivity contribution is 5.31. The van der Waals surface area contributed by atoms with Crippen molar-refractivity contribution in [2.75, 3.05) is 13.1 Å². The van der Waals surface area contributed by atoms with E-state index in [4.69, 9.17) is 11.5 Å². The van der Waals surface area contributed by atoms with Gasteiger partial charge in [-0.15, -0.1) is 0 Å². The van der Waals surface area contributed by atoms with E-state index in [9.17, 15) is 0 Å². The lowest BCUT2D eigenvalue weighted by Gasteiger charge is -2.06. The van der Waals surface area contributed by atoms with Crippen molar-refractivity contribution < 1.29 is 0 Å². The third-order valence-electron chi connectivity index (χ3n) is 2.25. The summed E-state index contributed by atoms with van der Waals surface area (Å²) in [6.07, 6.45) is 1.93. The van der Waals surface area contributed by atoms with Gasteiger partial charge in [0.05, 0.1) is 0 Å². The van der Waals surface area contributed by atoms with Crippen LogP contribution in [0.1, 0.15) is 16.7 Å². The van der Waals surface area contributed by atoms with Gasteiger partial charge < -0.3 is 11.5 Å². The second-order valence-corrected chi connectivity index (χ2v) is 3.34. The Balaban J connectivity index is 2.79. The Hall–Kier alpha value is -0.860. The van der Waals surface area contributed by atoms with Crippen LogP contribution >= 0.6 is 0 Å². The van der Waals surface area contributed by atoms with Crippen LogP contribution in [-0.4, -0.2) is 13.1 Å². The molecule has 1 aromatic rings. The number of hydrogen-bond donors (Lipinski definition) is 2. The Morgan fingerprint density at radius 3 is 2.31 bits per heavy atom. The van der Waals surface area contributed by atoms with Gasteiger partial charge in [0.1, 0.15) is 0 Å². The minimum atomic E-state index is 0.718. The summed E-state index contributed by atoms with van der Waals surface area (Å²) in [5.41, 5.74) is 15.0. The van der Waals surface area contributed by atoms with Gasteiger partial charge in [-0.2, -0.15) is 0 Å². The van der Waals surface area contributed by atoms with Gasteiger partial charge in [-0.05, 0) is 49.5 Å². The maximum atomic E-state index is 5.51. The maximum Gasteiger partial charge on any atom is -0.00366 e.